The lowest BCUT2D eigenvalue weighted by atomic mass is 9.97. The Morgan fingerprint density at radius 3 is 2.62 bits per heavy atom. The van der Waals surface area contributed by atoms with Gasteiger partial charge in [-0.15, -0.1) is 0 Å². The maximum atomic E-state index is 11.6. The van der Waals surface area contributed by atoms with Crippen LogP contribution in [0.4, 0.5) is 5.69 Å². The van der Waals surface area contributed by atoms with Crippen LogP contribution in [0.2, 0.25) is 0 Å². The number of piperazine rings is 1. The molecule has 5 heteroatoms. The SMILES string of the molecule is CCOc1ccccc1N1CCN(CC2CCC(=O)N(C)C2)CC1. The molecular weight excluding hydrogens is 302 g/mol. The Morgan fingerprint density at radius 1 is 1.17 bits per heavy atom. The van der Waals surface area contributed by atoms with Gasteiger partial charge in [-0.05, 0) is 31.4 Å². The number of carbonyl (C=O) groups is 1. The third kappa shape index (κ3) is 4.01. The number of ether oxygens (including phenoxy) is 1. The second-order valence-corrected chi connectivity index (χ2v) is 6.87. The minimum atomic E-state index is 0.295. The van der Waals surface area contributed by atoms with E-state index in [0.717, 1.165) is 51.4 Å². The molecule has 0 saturated carbocycles. The molecule has 0 aromatic heterocycles. The number of para-hydroxylation sites is 2. The normalized spacial score (nSPS) is 22.8. The highest BCUT2D eigenvalue weighted by atomic mass is 16.5. The fourth-order valence-corrected chi connectivity index (χ4v) is 3.78. The summed E-state index contributed by atoms with van der Waals surface area (Å²) >= 11 is 0. The van der Waals surface area contributed by atoms with Gasteiger partial charge < -0.3 is 14.5 Å². The monoisotopic (exact) mass is 331 g/mol. The van der Waals surface area contributed by atoms with Crippen molar-refractivity contribution in [1.29, 1.82) is 0 Å². The molecule has 1 unspecified atom stereocenters. The number of likely N-dealkylation sites (tertiary alicyclic amines) is 1. The van der Waals surface area contributed by atoms with Crippen molar-refractivity contribution in [2.24, 2.45) is 5.92 Å². The molecule has 2 saturated heterocycles. The standard InChI is InChI=1S/C19H29N3O2/c1-3-24-18-7-5-4-6-17(18)22-12-10-21(11-13-22)15-16-8-9-19(23)20(2)14-16/h4-7,16H,3,8-15H2,1-2H3. The highest BCUT2D eigenvalue weighted by molar-refractivity contribution is 5.76. The van der Waals surface area contributed by atoms with Crippen molar-refractivity contribution in [2.45, 2.75) is 19.8 Å². The number of nitrogens with zero attached hydrogens (tertiary/aromatic N) is 3. The zero-order valence-electron chi connectivity index (χ0n) is 14.9. The van der Waals surface area contributed by atoms with Crippen molar-refractivity contribution in [3.8, 4) is 5.75 Å². The fourth-order valence-electron chi connectivity index (χ4n) is 3.78. The van der Waals surface area contributed by atoms with E-state index in [1.165, 1.54) is 5.69 Å². The van der Waals surface area contributed by atoms with Crippen LogP contribution in [0.3, 0.4) is 0 Å². The van der Waals surface area contributed by atoms with E-state index in [4.69, 9.17) is 4.74 Å². The molecular formula is C19H29N3O2. The highest BCUT2D eigenvalue weighted by Gasteiger charge is 2.26. The third-order valence-corrected chi connectivity index (χ3v) is 5.12. The molecule has 0 spiro atoms. The van der Waals surface area contributed by atoms with E-state index < -0.39 is 0 Å². The van der Waals surface area contributed by atoms with Gasteiger partial charge in [-0.1, -0.05) is 12.1 Å². The van der Waals surface area contributed by atoms with Crippen molar-refractivity contribution in [1.82, 2.24) is 9.80 Å². The van der Waals surface area contributed by atoms with Gasteiger partial charge in [0.15, 0.2) is 0 Å². The Labute approximate surface area is 145 Å². The number of piperidine rings is 1. The van der Waals surface area contributed by atoms with E-state index in [0.29, 0.717) is 24.9 Å². The maximum Gasteiger partial charge on any atom is 0.222 e. The molecule has 0 aliphatic carbocycles. The van der Waals surface area contributed by atoms with E-state index in [9.17, 15) is 4.79 Å². The van der Waals surface area contributed by atoms with E-state index in [2.05, 4.69) is 28.0 Å². The number of rotatable bonds is 5. The Morgan fingerprint density at radius 2 is 1.92 bits per heavy atom. The summed E-state index contributed by atoms with van der Waals surface area (Å²) in [4.78, 5) is 18.5. The lowest BCUT2D eigenvalue weighted by molar-refractivity contribution is -0.133. The van der Waals surface area contributed by atoms with Crippen LogP contribution in [0.25, 0.3) is 0 Å². The van der Waals surface area contributed by atoms with Crippen molar-refractivity contribution >= 4 is 11.6 Å². The molecule has 3 rings (SSSR count). The van der Waals surface area contributed by atoms with Crippen LogP contribution in [-0.4, -0.2) is 68.6 Å². The summed E-state index contributed by atoms with van der Waals surface area (Å²) < 4.78 is 5.77. The van der Waals surface area contributed by atoms with Crippen molar-refractivity contribution in [2.75, 3.05) is 57.8 Å². The minimum absolute atomic E-state index is 0.295. The predicted molar refractivity (Wildman–Crippen MR) is 96.6 cm³/mol. The van der Waals surface area contributed by atoms with Crippen LogP contribution < -0.4 is 9.64 Å². The second-order valence-electron chi connectivity index (χ2n) is 6.87. The van der Waals surface area contributed by atoms with Gasteiger partial charge in [-0.2, -0.15) is 0 Å². The summed E-state index contributed by atoms with van der Waals surface area (Å²) in [5, 5.41) is 0. The summed E-state index contributed by atoms with van der Waals surface area (Å²) in [5.41, 5.74) is 1.21. The molecule has 132 valence electrons. The zero-order chi connectivity index (χ0) is 16.9. The van der Waals surface area contributed by atoms with Crippen LogP contribution >= 0.6 is 0 Å². The van der Waals surface area contributed by atoms with E-state index in [1.54, 1.807) is 0 Å². The third-order valence-electron chi connectivity index (χ3n) is 5.12. The number of amides is 1. The summed E-state index contributed by atoms with van der Waals surface area (Å²) in [6.07, 6.45) is 1.75. The first-order valence-corrected chi connectivity index (χ1v) is 9.10. The number of hydrogen-bond donors (Lipinski definition) is 0. The van der Waals surface area contributed by atoms with Crippen LogP contribution in [0.5, 0.6) is 5.75 Å². The lowest BCUT2D eigenvalue weighted by Gasteiger charge is -2.39. The Kier molecular flexibility index (Phi) is 5.61. The van der Waals surface area contributed by atoms with E-state index >= 15 is 0 Å². The Bertz CT molecular complexity index is 555. The van der Waals surface area contributed by atoms with Gasteiger partial charge in [0.2, 0.25) is 5.91 Å². The first kappa shape index (κ1) is 17.1. The molecule has 2 fully saturated rings. The average Bonchev–Trinajstić information content (AvgIpc) is 2.60. The molecule has 1 aromatic carbocycles. The van der Waals surface area contributed by atoms with E-state index in [-0.39, 0.29) is 0 Å². The molecule has 5 nitrogen and oxygen atoms in total. The first-order valence-electron chi connectivity index (χ1n) is 9.10. The number of anilines is 1. The molecule has 0 radical (unpaired) electrons. The molecule has 2 aliphatic rings. The average molecular weight is 331 g/mol. The summed E-state index contributed by atoms with van der Waals surface area (Å²) in [6, 6.07) is 8.33. The maximum absolute atomic E-state index is 11.6. The van der Waals surface area contributed by atoms with Crippen LogP contribution in [0, 0.1) is 5.92 Å². The Balaban J connectivity index is 1.52. The van der Waals surface area contributed by atoms with Gasteiger partial charge >= 0.3 is 0 Å². The summed E-state index contributed by atoms with van der Waals surface area (Å²) in [6.45, 7) is 8.97. The number of carbonyl (C=O) groups excluding carboxylic acids is 1. The molecule has 24 heavy (non-hydrogen) atoms. The topological polar surface area (TPSA) is 36.0 Å². The molecule has 0 N–H and O–H groups in total. The summed E-state index contributed by atoms with van der Waals surface area (Å²) in [7, 11) is 1.93. The summed E-state index contributed by atoms with van der Waals surface area (Å²) in [5.74, 6) is 1.90. The zero-order valence-corrected chi connectivity index (χ0v) is 14.9. The van der Waals surface area contributed by atoms with E-state index in [1.807, 2.05) is 24.9 Å². The van der Waals surface area contributed by atoms with Crippen molar-refractivity contribution in [3.05, 3.63) is 24.3 Å². The highest BCUT2D eigenvalue weighted by Crippen LogP contribution is 2.29. The van der Waals surface area contributed by atoms with Gasteiger partial charge in [0, 0.05) is 52.7 Å². The quantitative estimate of drug-likeness (QED) is 0.828. The van der Waals surface area contributed by atoms with Gasteiger partial charge in [0.25, 0.3) is 0 Å². The first-order chi connectivity index (χ1) is 11.7. The van der Waals surface area contributed by atoms with Crippen LogP contribution in [-0.2, 0) is 4.79 Å². The number of hydrogen-bond acceptors (Lipinski definition) is 4. The van der Waals surface area contributed by atoms with Crippen LogP contribution in [0.1, 0.15) is 19.8 Å². The van der Waals surface area contributed by atoms with Crippen molar-refractivity contribution < 1.29 is 9.53 Å². The molecule has 1 amide bonds. The molecule has 2 aliphatic heterocycles. The molecule has 1 atom stereocenters. The molecule has 0 bridgehead atoms. The van der Waals surface area contributed by atoms with Crippen LogP contribution in [0.15, 0.2) is 24.3 Å². The number of benzene rings is 1. The predicted octanol–water partition coefficient (Wildman–Crippen LogP) is 2.08. The Hall–Kier alpha value is -1.75. The second kappa shape index (κ2) is 7.88. The molecule has 1 aromatic rings. The van der Waals surface area contributed by atoms with Gasteiger partial charge in [0.1, 0.15) is 5.75 Å². The smallest absolute Gasteiger partial charge is 0.222 e. The molecule has 2 heterocycles. The van der Waals surface area contributed by atoms with Gasteiger partial charge in [-0.25, -0.2) is 0 Å². The van der Waals surface area contributed by atoms with Crippen molar-refractivity contribution in [3.63, 3.8) is 0 Å². The van der Waals surface area contributed by atoms with Gasteiger partial charge in [-0.3, -0.25) is 9.69 Å². The minimum Gasteiger partial charge on any atom is -0.492 e. The fraction of sp³-hybridized carbons (Fsp3) is 0.632. The van der Waals surface area contributed by atoms with Gasteiger partial charge in [0.05, 0.1) is 12.3 Å². The lowest BCUT2D eigenvalue weighted by Crippen LogP contribution is -2.50. The largest absolute Gasteiger partial charge is 0.492 e.